The molecule has 0 unspecified atom stereocenters. The van der Waals surface area contributed by atoms with Gasteiger partial charge >= 0.3 is 0 Å². The van der Waals surface area contributed by atoms with Crippen LogP contribution in [0.15, 0.2) is 28.2 Å². The van der Waals surface area contributed by atoms with Crippen molar-refractivity contribution < 1.29 is 4.39 Å². The molecule has 1 spiro atoms. The van der Waals surface area contributed by atoms with E-state index in [4.69, 9.17) is 16.5 Å². The smallest absolute Gasteiger partial charge is 0.220 e. The van der Waals surface area contributed by atoms with Crippen LogP contribution in [0.1, 0.15) is 32.1 Å². The molecule has 0 bridgehead atoms. The van der Waals surface area contributed by atoms with E-state index in [9.17, 15) is 0 Å². The molecule has 0 atom stereocenters. The summed E-state index contributed by atoms with van der Waals surface area (Å²) in [5, 5.41) is 0. The second kappa shape index (κ2) is 6.99. The number of hydrogen-bond acceptors (Lipinski definition) is 7. The van der Waals surface area contributed by atoms with Gasteiger partial charge in [-0.1, -0.05) is 12.5 Å². The molecule has 2 aliphatic heterocycles. The highest BCUT2D eigenvalue weighted by atomic mass is 19.1. The Kier molecular flexibility index (Phi) is 4.67. The van der Waals surface area contributed by atoms with Crippen LogP contribution in [0.2, 0.25) is 0 Å². The van der Waals surface area contributed by atoms with Crippen molar-refractivity contribution in [2.24, 2.45) is 21.5 Å². The van der Waals surface area contributed by atoms with Gasteiger partial charge in [0.05, 0.1) is 11.4 Å². The Balaban J connectivity index is 1.80. The monoisotopic (exact) mass is 373 g/mol. The predicted octanol–water partition coefficient (Wildman–Crippen LogP) is 1.69. The van der Waals surface area contributed by atoms with Crippen LogP contribution in [0.5, 0.6) is 0 Å². The zero-order valence-corrected chi connectivity index (χ0v) is 15.9. The van der Waals surface area contributed by atoms with Gasteiger partial charge in [-0.2, -0.15) is 4.99 Å². The molecule has 1 saturated carbocycles. The van der Waals surface area contributed by atoms with E-state index in [1.165, 1.54) is 6.07 Å². The first kappa shape index (κ1) is 18.0. The third kappa shape index (κ3) is 3.22. The summed E-state index contributed by atoms with van der Waals surface area (Å²) >= 11 is 0. The minimum absolute atomic E-state index is 0.211. The second-order valence-corrected chi connectivity index (χ2v) is 7.72. The van der Waals surface area contributed by atoms with Gasteiger partial charge < -0.3 is 21.3 Å². The second-order valence-electron chi connectivity index (χ2n) is 7.72. The molecule has 1 aliphatic carbocycles. The van der Waals surface area contributed by atoms with Crippen LogP contribution in [0.3, 0.4) is 0 Å². The molecular formula is C19H28FN7. The van der Waals surface area contributed by atoms with Gasteiger partial charge in [-0.25, -0.2) is 9.38 Å². The number of benzene rings is 1. The van der Waals surface area contributed by atoms with Gasteiger partial charge in [0.15, 0.2) is 0 Å². The van der Waals surface area contributed by atoms with Gasteiger partial charge in [0.2, 0.25) is 11.9 Å². The average molecular weight is 373 g/mol. The highest BCUT2D eigenvalue weighted by Crippen LogP contribution is 2.43. The lowest BCUT2D eigenvalue weighted by molar-refractivity contribution is 0.303. The van der Waals surface area contributed by atoms with Crippen LogP contribution in [0.4, 0.5) is 15.8 Å². The van der Waals surface area contributed by atoms with Crippen molar-refractivity contribution in [2.75, 3.05) is 43.0 Å². The molecule has 1 aromatic rings. The van der Waals surface area contributed by atoms with Crippen LogP contribution >= 0.6 is 0 Å². The Labute approximate surface area is 159 Å². The summed E-state index contributed by atoms with van der Waals surface area (Å²) in [7, 11) is 2.09. The highest BCUT2D eigenvalue weighted by Gasteiger charge is 2.44. The van der Waals surface area contributed by atoms with Crippen molar-refractivity contribution in [1.29, 1.82) is 0 Å². The summed E-state index contributed by atoms with van der Waals surface area (Å²) in [6.07, 6.45) is 4.92. The number of likely N-dealkylation sites (N-methyl/N-ethyl adjacent to an activating group) is 1. The van der Waals surface area contributed by atoms with E-state index in [1.807, 2.05) is 11.0 Å². The van der Waals surface area contributed by atoms with Gasteiger partial charge in [-0.15, -0.1) is 0 Å². The molecular weight excluding hydrogens is 345 g/mol. The van der Waals surface area contributed by atoms with Gasteiger partial charge in [0.1, 0.15) is 11.5 Å². The SMILES string of the molecule is CN1CCN(c2c(F)cccc2N2C(N)=NC(N)=NC23CCCCC3)CC1. The van der Waals surface area contributed by atoms with Crippen LogP contribution < -0.4 is 21.3 Å². The largest absolute Gasteiger partial charge is 0.369 e. The lowest BCUT2D eigenvalue weighted by Gasteiger charge is -2.47. The number of halogens is 1. The summed E-state index contributed by atoms with van der Waals surface area (Å²) in [6.45, 7) is 3.34. The topological polar surface area (TPSA) is 86.5 Å². The van der Waals surface area contributed by atoms with E-state index >= 15 is 4.39 Å². The van der Waals surface area contributed by atoms with Crippen molar-refractivity contribution in [1.82, 2.24) is 4.90 Å². The number of anilines is 2. The van der Waals surface area contributed by atoms with Gasteiger partial charge in [0, 0.05) is 26.2 Å². The van der Waals surface area contributed by atoms with E-state index in [0.717, 1.165) is 64.0 Å². The van der Waals surface area contributed by atoms with Gasteiger partial charge in [-0.3, -0.25) is 4.90 Å². The zero-order valence-electron chi connectivity index (χ0n) is 15.9. The molecule has 4 N–H and O–H groups in total. The lowest BCUT2D eigenvalue weighted by atomic mass is 9.87. The molecule has 146 valence electrons. The number of aliphatic imine (C=N–C) groups is 2. The molecule has 8 heteroatoms. The number of nitrogens with two attached hydrogens (primary N) is 2. The summed E-state index contributed by atoms with van der Waals surface area (Å²) in [5.41, 5.74) is 13.1. The minimum atomic E-state index is -0.566. The first-order chi connectivity index (χ1) is 13.0. The maximum Gasteiger partial charge on any atom is 0.220 e. The normalized spacial score (nSPS) is 23.3. The molecule has 0 radical (unpaired) electrons. The molecule has 1 aromatic carbocycles. The zero-order chi connectivity index (χ0) is 19.0. The molecule has 2 heterocycles. The van der Waals surface area contributed by atoms with Crippen molar-refractivity contribution in [3.63, 3.8) is 0 Å². The first-order valence-electron chi connectivity index (χ1n) is 9.72. The van der Waals surface area contributed by atoms with Gasteiger partial charge in [-0.05, 0) is 44.9 Å². The number of para-hydroxylation sites is 1. The van der Waals surface area contributed by atoms with E-state index < -0.39 is 5.66 Å². The average Bonchev–Trinajstić information content (AvgIpc) is 2.63. The fourth-order valence-corrected chi connectivity index (χ4v) is 4.50. The maximum atomic E-state index is 15.0. The molecule has 7 nitrogen and oxygen atoms in total. The number of hydrogen-bond donors (Lipinski definition) is 2. The number of nitrogens with zero attached hydrogens (tertiary/aromatic N) is 5. The lowest BCUT2D eigenvalue weighted by Crippen LogP contribution is -2.59. The maximum absolute atomic E-state index is 15.0. The Hall–Kier alpha value is -2.35. The van der Waals surface area contributed by atoms with Gasteiger partial charge in [0.25, 0.3) is 0 Å². The number of guanidine groups is 2. The minimum Gasteiger partial charge on any atom is -0.369 e. The quantitative estimate of drug-likeness (QED) is 0.824. The van der Waals surface area contributed by atoms with Crippen LogP contribution in [-0.4, -0.2) is 55.7 Å². The molecule has 0 amide bonds. The van der Waals surface area contributed by atoms with Crippen molar-refractivity contribution in [3.05, 3.63) is 24.0 Å². The fraction of sp³-hybridized carbons (Fsp3) is 0.579. The van der Waals surface area contributed by atoms with Crippen LogP contribution in [0, 0.1) is 5.82 Å². The van der Waals surface area contributed by atoms with Crippen molar-refractivity contribution in [2.45, 2.75) is 37.8 Å². The summed E-state index contributed by atoms with van der Waals surface area (Å²) in [5.74, 6) is 0.270. The molecule has 4 rings (SSSR count). The summed E-state index contributed by atoms with van der Waals surface area (Å²) < 4.78 is 15.0. The Morgan fingerprint density at radius 1 is 1.04 bits per heavy atom. The fourth-order valence-electron chi connectivity index (χ4n) is 4.50. The molecule has 3 aliphatic rings. The molecule has 0 aromatic heterocycles. The van der Waals surface area contributed by atoms with E-state index in [1.54, 1.807) is 6.07 Å². The Morgan fingerprint density at radius 3 is 2.44 bits per heavy atom. The molecule has 27 heavy (non-hydrogen) atoms. The number of piperazine rings is 1. The third-order valence-corrected chi connectivity index (χ3v) is 5.88. The van der Waals surface area contributed by atoms with Crippen LogP contribution in [0.25, 0.3) is 0 Å². The van der Waals surface area contributed by atoms with Crippen LogP contribution in [-0.2, 0) is 0 Å². The highest BCUT2D eigenvalue weighted by molar-refractivity contribution is 6.07. The van der Waals surface area contributed by atoms with E-state index in [2.05, 4.69) is 21.8 Å². The Morgan fingerprint density at radius 2 is 1.74 bits per heavy atom. The first-order valence-corrected chi connectivity index (χ1v) is 9.72. The van der Waals surface area contributed by atoms with Crippen molar-refractivity contribution in [3.8, 4) is 0 Å². The van der Waals surface area contributed by atoms with E-state index in [-0.39, 0.29) is 11.8 Å². The Bertz CT molecular complexity index is 761. The van der Waals surface area contributed by atoms with E-state index in [0.29, 0.717) is 11.6 Å². The van der Waals surface area contributed by atoms with Crippen molar-refractivity contribution >= 4 is 23.3 Å². The molecule has 2 fully saturated rings. The number of rotatable bonds is 2. The summed E-state index contributed by atoms with van der Waals surface area (Å²) in [6, 6.07) is 5.17. The molecule has 1 saturated heterocycles. The summed E-state index contributed by atoms with van der Waals surface area (Å²) in [4.78, 5) is 15.2. The third-order valence-electron chi connectivity index (χ3n) is 5.88. The predicted molar refractivity (Wildman–Crippen MR) is 108 cm³/mol. The standard InChI is InChI=1S/C19H28FN7/c1-25-10-12-26(13-11-25)16-14(20)6-5-7-15(16)27-18(22)23-17(21)24-19(27)8-3-2-4-9-19/h5-7H,2-4,8-13H2,1H3,(H4,21,22,23,24).